The molecule has 0 radical (unpaired) electrons. The molecule has 2 N–H and O–H groups in total. The van der Waals surface area contributed by atoms with E-state index in [1.165, 1.54) is 0 Å². The Labute approximate surface area is 121 Å². The summed E-state index contributed by atoms with van der Waals surface area (Å²) in [6.07, 6.45) is 5.91. The summed E-state index contributed by atoms with van der Waals surface area (Å²) in [6.45, 7) is 1.83. The van der Waals surface area contributed by atoms with Crippen LogP contribution in [-0.4, -0.2) is 15.5 Å². The molecule has 100 valence electrons. The van der Waals surface area contributed by atoms with Gasteiger partial charge < -0.3 is 10.2 Å². The van der Waals surface area contributed by atoms with Gasteiger partial charge in [0.05, 0.1) is 0 Å². The molecule has 0 saturated carbocycles. The van der Waals surface area contributed by atoms with Gasteiger partial charge in [0.15, 0.2) is 0 Å². The predicted octanol–water partition coefficient (Wildman–Crippen LogP) is 4.75. The molecule has 2 aromatic rings. The van der Waals surface area contributed by atoms with Crippen LogP contribution in [0.4, 0.5) is 0 Å². The monoisotopic (exact) mass is 320 g/mol. The molecule has 0 heterocycles. The maximum atomic E-state index is 10.3. The second-order valence-corrected chi connectivity index (χ2v) is 5.31. The van der Waals surface area contributed by atoms with Gasteiger partial charge in [0.2, 0.25) is 0 Å². The Morgan fingerprint density at radius 2 is 1.74 bits per heavy atom. The van der Waals surface area contributed by atoms with Crippen LogP contribution in [0, 0.1) is 6.92 Å². The van der Waals surface area contributed by atoms with E-state index < -0.39 is 0 Å². The first-order valence-corrected chi connectivity index (χ1v) is 7.44. The lowest BCUT2D eigenvalue weighted by Gasteiger charge is -2.11. The van der Waals surface area contributed by atoms with Crippen LogP contribution in [0.2, 0.25) is 0 Å². The Morgan fingerprint density at radius 1 is 1.11 bits per heavy atom. The molecule has 0 aliphatic heterocycles. The van der Waals surface area contributed by atoms with Crippen molar-refractivity contribution in [3.63, 3.8) is 0 Å². The molecular formula is C16H17BrO2. The lowest BCUT2D eigenvalue weighted by Crippen LogP contribution is -1.87. The summed E-state index contributed by atoms with van der Waals surface area (Å²) in [5.41, 5.74) is 1.41. The number of allylic oxidation sites excluding steroid dienone is 1. The molecule has 3 heteroatoms. The molecule has 0 spiro atoms. The number of hydrogen-bond donors (Lipinski definition) is 2. The molecule has 0 atom stereocenters. The van der Waals surface area contributed by atoms with Crippen molar-refractivity contribution in [2.75, 3.05) is 5.33 Å². The highest BCUT2D eigenvalue weighted by molar-refractivity contribution is 9.09. The van der Waals surface area contributed by atoms with Crippen molar-refractivity contribution >= 4 is 32.8 Å². The van der Waals surface area contributed by atoms with Crippen LogP contribution in [0.1, 0.15) is 24.0 Å². The largest absolute Gasteiger partial charge is 0.507 e. The number of alkyl halides is 1. The fourth-order valence-corrected chi connectivity index (χ4v) is 2.47. The highest BCUT2D eigenvalue weighted by Gasteiger charge is 2.13. The van der Waals surface area contributed by atoms with Crippen LogP contribution in [0.25, 0.3) is 16.8 Å². The van der Waals surface area contributed by atoms with Gasteiger partial charge in [-0.3, -0.25) is 0 Å². The fraction of sp³-hybridized carbons (Fsp3) is 0.250. The minimum absolute atomic E-state index is 0.237. The van der Waals surface area contributed by atoms with Crippen molar-refractivity contribution in [2.24, 2.45) is 0 Å². The van der Waals surface area contributed by atoms with E-state index >= 15 is 0 Å². The second-order valence-electron chi connectivity index (χ2n) is 4.52. The number of rotatable bonds is 4. The van der Waals surface area contributed by atoms with Gasteiger partial charge in [-0.25, -0.2) is 0 Å². The molecule has 0 aliphatic carbocycles. The van der Waals surface area contributed by atoms with Gasteiger partial charge in [-0.2, -0.15) is 0 Å². The van der Waals surface area contributed by atoms with Gasteiger partial charge in [-0.05, 0) is 19.8 Å². The highest BCUT2D eigenvalue weighted by atomic mass is 79.9. The summed E-state index contributed by atoms with van der Waals surface area (Å²) >= 11 is 3.39. The van der Waals surface area contributed by atoms with Gasteiger partial charge in [-0.1, -0.05) is 52.3 Å². The number of phenolic OH excluding ortho intramolecular Hbond substituents is 2. The molecule has 0 fully saturated rings. The summed E-state index contributed by atoms with van der Waals surface area (Å²) in [5, 5.41) is 22.9. The van der Waals surface area contributed by atoms with Crippen LogP contribution in [0.3, 0.4) is 0 Å². The van der Waals surface area contributed by atoms with Crippen LogP contribution in [-0.2, 0) is 0 Å². The van der Waals surface area contributed by atoms with Crippen molar-refractivity contribution in [3.05, 3.63) is 41.5 Å². The first-order chi connectivity index (χ1) is 9.16. The molecule has 2 aromatic carbocycles. The Hall–Kier alpha value is -1.48. The highest BCUT2D eigenvalue weighted by Crippen LogP contribution is 2.39. The van der Waals surface area contributed by atoms with E-state index in [9.17, 15) is 10.2 Å². The SMILES string of the molecule is Cc1c(C=CCCCBr)c(O)c2ccccc2c1O. The Morgan fingerprint density at radius 3 is 2.37 bits per heavy atom. The van der Waals surface area contributed by atoms with Crippen LogP contribution in [0.15, 0.2) is 30.3 Å². The molecule has 0 amide bonds. The molecule has 2 rings (SSSR count). The molecule has 0 aliphatic rings. The van der Waals surface area contributed by atoms with E-state index in [0.29, 0.717) is 21.9 Å². The molecule has 19 heavy (non-hydrogen) atoms. The average Bonchev–Trinajstić information content (AvgIpc) is 2.44. The number of fused-ring (bicyclic) bond motifs is 1. The maximum absolute atomic E-state index is 10.3. The zero-order valence-corrected chi connectivity index (χ0v) is 12.4. The average molecular weight is 321 g/mol. The van der Waals surface area contributed by atoms with Gasteiger partial charge in [0.25, 0.3) is 0 Å². The molecule has 0 aromatic heterocycles. The number of aromatic hydroxyl groups is 2. The topological polar surface area (TPSA) is 40.5 Å². The van der Waals surface area contributed by atoms with Crippen LogP contribution >= 0.6 is 15.9 Å². The maximum Gasteiger partial charge on any atom is 0.131 e. The summed E-state index contributed by atoms with van der Waals surface area (Å²) in [5.74, 6) is 0.481. The van der Waals surface area contributed by atoms with E-state index in [1.807, 2.05) is 43.3 Å². The molecule has 0 saturated heterocycles. The van der Waals surface area contributed by atoms with E-state index in [0.717, 1.165) is 18.2 Å². The summed E-state index contributed by atoms with van der Waals surface area (Å²) in [6, 6.07) is 7.34. The lowest BCUT2D eigenvalue weighted by molar-refractivity contribution is 0.465. The minimum Gasteiger partial charge on any atom is -0.507 e. The summed E-state index contributed by atoms with van der Waals surface area (Å²) in [7, 11) is 0. The number of phenols is 2. The fourth-order valence-electron chi connectivity index (χ4n) is 2.15. The van der Waals surface area contributed by atoms with Gasteiger partial charge in [0.1, 0.15) is 11.5 Å². The van der Waals surface area contributed by atoms with E-state index in [1.54, 1.807) is 0 Å². The zero-order valence-electron chi connectivity index (χ0n) is 10.9. The number of halogens is 1. The van der Waals surface area contributed by atoms with Crippen molar-refractivity contribution in [1.29, 1.82) is 0 Å². The predicted molar refractivity (Wildman–Crippen MR) is 84.1 cm³/mol. The van der Waals surface area contributed by atoms with Crippen molar-refractivity contribution < 1.29 is 10.2 Å². The third-order valence-corrected chi connectivity index (χ3v) is 3.80. The smallest absolute Gasteiger partial charge is 0.131 e. The third kappa shape index (κ3) is 2.76. The van der Waals surface area contributed by atoms with Gasteiger partial charge in [0, 0.05) is 27.2 Å². The number of unbranched alkanes of at least 4 members (excludes halogenated alkanes) is 1. The van der Waals surface area contributed by atoms with E-state index in [2.05, 4.69) is 15.9 Å². The molecule has 0 unspecified atom stereocenters. The van der Waals surface area contributed by atoms with Crippen molar-refractivity contribution in [1.82, 2.24) is 0 Å². The third-order valence-electron chi connectivity index (χ3n) is 3.24. The first kappa shape index (κ1) is 13.9. The Bertz CT molecular complexity index is 618. The quantitative estimate of drug-likeness (QED) is 0.485. The van der Waals surface area contributed by atoms with Crippen molar-refractivity contribution in [2.45, 2.75) is 19.8 Å². The lowest BCUT2D eigenvalue weighted by atomic mass is 9.98. The number of hydrogen-bond acceptors (Lipinski definition) is 2. The van der Waals surface area contributed by atoms with E-state index in [-0.39, 0.29) is 11.5 Å². The second kappa shape index (κ2) is 6.11. The Balaban J connectivity index is 2.52. The van der Waals surface area contributed by atoms with Crippen LogP contribution < -0.4 is 0 Å². The molecule has 2 nitrogen and oxygen atoms in total. The number of benzene rings is 2. The minimum atomic E-state index is 0.237. The zero-order chi connectivity index (χ0) is 13.8. The summed E-state index contributed by atoms with van der Waals surface area (Å²) in [4.78, 5) is 0. The summed E-state index contributed by atoms with van der Waals surface area (Å²) < 4.78 is 0. The van der Waals surface area contributed by atoms with Crippen molar-refractivity contribution in [3.8, 4) is 11.5 Å². The van der Waals surface area contributed by atoms with Gasteiger partial charge in [-0.15, -0.1) is 0 Å². The van der Waals surface area contributed by atoms with Crippen LogP contribution in [0.5, 0.6) is 11.5 Å². The standard InChI is InChI=1S/C16H17BrO2/c1-11-12(7-3-2-6-10-17)16(19)14-9-5-4-8-13(14)15(11)18/h3-5,7-9,18-19H,2,6,10H2,1H3. The molecule has 0 bridgehead atoms. The van der Waals surface area contributed by atoms with E-state index in [4.69, 9.17) is 0 Å². The Kier molecular flexibility index (Phi) is 4.48. The normalized spacial score (nSPS) is 11.5. The first-order valence-electron chi connectivity index (χ1n) is 6.32. The molecular weight excluding hydrogens is 304 g/mol. The van der Waals surface area contributed by atoms with Gasteiger partial charge >= 0.3 is 0 Å².